The Hall–Kier alpha value is -2.06. The van der Waals surface area contributed by atoms with Crippen molar-refractivity contribution in [3.8, 4) is 0 Å². The summed E-state index contributed by atoms with van der Waals surface area (Å²) in [6.45, 7) is 6.50. The Kier molecular flexibility index (Phi) is 4.98. The van der Waals surface area contributed by atoms with E-state index in [1.165, 1.54) is 11.0 Å². The van der Waals surface area contributed by atoms with Crippen LogP contribution in [0, 0.1) is 11.9 Å². The van der Waals surface area contributed by atoms with Crippen molar-refractivity contribution in [3.63, 3.8) is 0 Å². The molecule has 1 N–H and O–H groups in total. The number of nitrogens with one attached hydrogen (secondary N) is 1. The van der Waals surface area contributed by atoms with Crippen LogP contribution >= 0.6 is 11.6 Å². The smallest absolute Gasteiger partial charge is 0.410 e. The minimum absolute atomic E-state index is 0.138. The molecule has 1 aliphatic rings. The number of hydrogen-bond donors (Lipinski definition) is 1. The second kappa shape index (κ2) is 6.92. The number of ether oxygens (including phenoxy) is 1. The van der Waals surface area contributed by atoms with E-state index >= 15 is 0 Å². The summed E-state index contributed by atoms with van der Waals surface area (Å²) >= 11 is 5.95. The van der Waals surface area contributed by atoms with Crippen molar-refractivity contribution < 1.29 is 18.3 Å². The first-order valence-electron chi connectivity index (χ1n) is 8.18. The number of fused-ring (bicyclic) bond motifs is 1. The molecule has 0 saturated carbocycles. The predicted molar refractivity (Wildman–Crippen MR) is 93.0 cm³/mol. The van der Waals surface area contributed by atoms with E-state index in [-0.39, 0.29) is 21.6 Å². The maximum Gasteiger partial charge on any atom is 0.410 e. The summed E-state index contributed by atoms with van der Waals surface area (Å²) in [5.41, 5.74) is -0.667. The van der Waals surface area contributed by atoms with Gasteiger partial charge in [0.05, 0.1) is 11.7 Å². The van der Waals surface area contributed by atoms with Crippen LogP contribution in [-0.2, 0) is 4.74 Å². The van der Waals surface area contributed by atoms with E-state index < -0.39 is 29.6 Å². The topological polar surface area (TPSA) is 67.3 Å². The molecule has 0 aliphatic carbocycles. The van der Waals surface area contributed by atoms with Gasteiger partial charge in [-0.25, -0.2) is 14.2 Å². The van der Waals surface area contributed by atoms with Crippen LogP contribution in [0.3, 0.4) is 0 Å². The number of amides is 1. The van der Waals surface area contributed by atoms with Crippen LogP contribution in [0.25, 0.3) is 10.9 Å². The number of piperazine rings is 1. The zero-order valence-electron chi connectivity index (χ0n) is 14.6. The Bertz CT molecular complexity index is 857. The SMILES string of the molecule is CC(C)(C)OC(=O)N1CCNCC1c1nc(F)nc2c(F)cc(Cl)cc12. The maximum atomic E-state index is 14.2. The highest BCUT2D eigenvalue weighted by Crippen LogP contribution is 2.31. The van der Waals surface area contributed by atoms with Crippen LogP contribution in [0.15, 0.2) is 12.1 Å². The second-order valence-corrected chi connectivity index (χ2v) is 7.49. The zero-order chi connectivity index (χ0) is 19.1. The number of nitrogens with zero attached hydrogens (tertiary/aromatic N) is 3. The number of benzene rings is 1. The fourth-order valence-electron chi connectivity index (χ4n) is 2.89. The highest BCUT2D eigenvalue weighted by atomic mass is 35.5. The number of hydrogen-bond acceptors (Lipinski definition) is 5. The molecule has 1 amide bonds. The van der Waals surface area contributed by atoms with Gasteiger partial charge in [0.1, 0.15) is 11.1 Å². The van der Waals surface area contributed by atoms with E-state index in [0.29, 0.717) is 19.6 Å². The number of aromatic nitrogens is 2. The normalized spacial score (nSPS) is 18.2. The quantitative estimate of drug-likeness (QED) is 0.763. The van der Waals surface area contributed by atoms with Gasteiger partial charge < -0.3 is 10.1 Å². The maximum absolute atomic E-state index is 14.2. The fraction of sp³-hybridized carbons (Fsp3) is 0.471. The van der Waals surface area contributed by atoms with Gasteiger partial charge >= 0.3 is 12.2 Å². The lowest BCUT2D eigenvalue weighted by molar-refractivity contribution is 0.0114. The molecule has 1 aromatic carbocycles. The molecule has 1 aromatic heterocycles. The molecule has 6 nitrogen and oxygen atoms in total. The molecule has 140 valence electrons. The fourth-order valence-corrected chi connectivity index (χ4v) is 3.10. The van der Waals surface area contributed by atoms with Crippen LogP contribution in [0.4, 0.5) is 13.6 Å². The molecule has 1 fully saturated rings. The lowest BCUT2D eigenvalue weighted by Crippen LogP contribution is -2.50. The monoisotopic (exact) mass is 384 g/mol. The molecule has 0 radical (unpaired) electrons. The Labute approximate surface area is 154 Å². The average Bonchev–Trinajstić information content (AvgIpc) is 2.53. The molecule has 1 aliphatic heterocycles. The van der Waals surface area contributed by atoms with E-state index in [1.807, 2.05) is 0 Å². The summed E-state index contributed by atoms with van der Waals surface area (Å²) in [4.78, 5) is 21.4. The van der Waals surface area contributed by atoms with Gasteiger partial charge in [-0.2, -0.15) is 9.37 Å². The van der Waals surface area contributed by atoms with Crippen molar-refractivity contribution in [1.29, 1.82) is 0 Å². The predicted octanol–water partition coefficient (Wildman–Crippen LogP) is 3.44. The van der Waals surface area contributed by atoms with Crippen molar-refractivity contribution in [2.24, 2.45) is 0 Å². The number of carbonyl (C=O) groups excluding carboxylic acids is 1. The van der Waals surface area contributed by atoms with Crippen molar-refractivity contribution in [2.75, 3.05) is 19.6 Å². The van der Waals surface area contributed by atoms with E-state index in [4.69, 9.17) is 16.3 Å². The summed E-state index contributed by atoms with van der Waals surface area (Å²) in [7, 11) is 0. The summed E-state index contributed by atoms with van der Waals surface area (Å²) in [6, 6.07) is 1.89. The lowest BCUT2D eigenvalue weighted by Gasteiger charge is -2.37. The van der Waals surface area contributed by atoms with Gasteiger partial charge in [-0.05, 0) is 32.9 Å². The van der Waals surface area contributed by atoms with Crippen LogP contribution in [0.1, 0.15) is 32.5 Å². The first-order chi connectivity index (χ1) is 12.2. The summed E-state index contributed by atoms with van der Waals surface area (Å²) in [5, 5.41) is 3.54. The molecular weight excluding hydrogens is 366 g/mol. The number of rotatable bonds is 1. The third-order valence-electron chi connectivity index (χ3n) is 3.91. The van der Waals surface area contributed by atoms with Gasteiger partial charge in [0, 0.05) is 30.0 Å². The van der Waals surface area contributed by atoms with Gasteiger partial charge in [-0.3, -0.25) is 4.90 Å². The Balaban J connectivity index is 2.09. The van der Waals surface area contributed by atoms with E-state index in [0.717, 1.165) is 6.07 Å². The average molecular weight is 385 g/mol. The third kappa shape index (κ3) is 3.86. The third-order valence-corrected chi connectivity index (χ3v) is 4.13. The van der Waals surface area contributed by atoms with Crippen molar-refractivity contribution >= 4 is 28.6 Å². The largest absolute Gasteiger partial charge is 0.444 e. The first-order valence-corrected chi connectivity index (χ1v) is 8.56. The molecule has 1 unspecified atom stereocenters. The zero-order valence-corrected chi connectivity index (χ0v) is 15.4. The second-order valence-electron chi connectivity index (χ2n) is 7.06. The molecule has 3 rings (SSSR count). The highest BCUT2D eigenvalue weighted by Gasteiger charge is 2.34. The Morgan fingerprint density at radius 3 is 2.77 bits per heavy atom. The van der Waals surface area contributed by atoms with Crippen LogP contribution in [0.5, 0.6) is 0 Å². The first kappa shape index (κ1) is 18.7. The van der Waals surface area contributed by atoms with E-state index in [1.54, 1.807) is 20.8 Å². The standard InChI is InChI=1S/C17H19ClF2N4O2/c1-17(2,3)26-16(25)24-5-4-21-8-12(24)14-10-6-9(18)7-11(19)13(10)22-15(20)23-14/h6-7,12,21H,4-5,8H2,1-3H3. The van der Waals surface area contributed by atoms with Gasteiger partial charge in [0.15, 0.2) is 5.82 Å². The molecule has 0 spiro atoms. The molecule has 9 heteroatoms. The van der Waals surface area contributed by atoms with Crippen LogP contribution < -0.4 is 5.32 Å². The lowest BCUT2D eigenvalue weighted by atomic mass is 10.0. The van der Waals surface area contributed by atoms with E-state index in [2.05, 4.69) is 15.3 Å². The van der Waals surface area contributed by atoms with Crippen LogP contribution in [-0.4, -0.2) is 46.2 Å². The Morgan fingerprint density at radius 1 is 1.35 bits per heavy atom. The molecule has 2 heterocycles. The van der Waals surface area contributed by atoms with Gasteiger partial charge in [0.25, 0.3) is 0 Å². The molecular formula is C17H19ClF2N4O2. The number of halogens is 3. The van der Waals surface area contributed by atoms with Crippen molar-refractivity contribution in [1.82, 2.24) is 20.2 Å². The van der Waals surface area contributed by atoms with Crippen LogP contribution in [0.2, 0.25) is 5.02 Å². The van der Waals surface area contributed by atoms with Crippen molar-refractivity contribution in [3.05, 3.63) is 34.7 Å². The van der Waals surface area contributed by atoms with Gasteiger partial charge in [-0.15, -0.1) is 0 Å². The summed E-state index contributed by atoms with van der Waals surface area (Å²) in [5.74, 6) is -0.748. The molecule has 26 heavy (non-hydrogen) atoms. The minimum Gasteiger partial charge on any atom is -0.444 e. The minimum atomic E-state index is -1.07. The molecule has 0 bridgehead atoms. The van der Waals surface area contributed by atoms with E-state index in [9.17, 15) is 13.6 Å². The molecule has 1 atom stereocenters. The summed E-state index contributed by atoms with van der Waals surface area (Å²) < 4.78 is 33.6. The van der Waals surface area contributed by atoms with Gasteiger partial charge in [-0.1, -0.05) is 11.6 Å². The van der Waals surface area contributed by atoms with Gasteiger partial charge in [0.2, 0.25) is 0 Å². The highest BCUT2D eigenvalue weighted by molar-refractivity contribution is 6.31. The summed E-state index contributed by atoms with van der Waals surface area (Å²) in [6.07, 6.45) is -1.61. The number of carbonyl (C=O) groups is 1. The molecule has 1 saturated heterocycles. The molecule has 2 aromatic rings. The van der Waals surface area contributed by atoms with Crippen molar-refractivity contribution in [2.45, 2.75) is 32.4 Å². The Morgan fingerprint density at radius 2 is 2.08 bits per heavy atom.